The molecule has 2 aromatic carbocycles. The Morgan fingerprint density at radius 1 is 0.971 bits per heavy atom. The van der Waals surface area contributed by atoms with E-state index < -0.39 is 0 Å². The van der Waals surface area contributed by atoms with Gasteiger partial charge in [-0.15, -0.1) is 0 Å². The predicted molar refractivity (Wildman–Crippen MR) is 125 cm³/mol. The van der Waals surface area contributed by atoms with Crippen molar-refractivity contribution in [1.82, 2.24) is 24.9 Å². The average molecular weight is 451 g/mol. The Morgan fingerprint density at radius 3 is 2.50 bits per heavy atom. The number of rotatable bonds is 5. The van der Waals surface area contributed by atoms with Gasteiger partial charge in [0.25, 0.3) is 11.8 Å². The molecule has 0 spiro atoms. The van der Waals surface area contributed by atoms with E-state index in [2.05, 4.69) is 38.2 Å². The predicted octanol–water partition coefficient (Wildman–Crippen LogP) is 3.63. The van der Waals surface area contributed by atoms with E-state index in [4.69, 9.17) is 4.52 Å². The van der Waals surface area contributed by atoms with Crippen LogP contribution in [0, 0.1) is 11.3 Å². The van der Waals surface area contributed by atoms with Gasteiger partial charge >= 0.3 is 0 Å². The molecule has 0 aliphatic carbocycles. The second kappa shape index (κ2) is 9.65. The molecule has 1 fully saturated rings. The Kier molecular flexibility index (Phi) is 6.10. The maximum Gasteiger partial charge on any atom is 0.259 e. The monoisotopic (exact) mass is 450 g/mol. The van der Waals surface area contributed by atoms with Crippen molar-refractivity contribution in [3.63, 3.8) is 0 Å². The van der Waals surface area contributed by atoms with Gasteiger partial charge in [-0.1, -0.05) is 41.6 Å². The molecule has 8 heteroatoms. The molecule has 5 rings (SSSR count). The number of benzene rings is 2. The van der Waals surface area contributed by atoms with Crippen LogP contribution < -0.4 is 0 Å². The lowest BCUT2D eigenvalue weighted by atomic mass is 10.1. The first-order valence-corrected chi connectivity index (χ1v) is 11.1. The minimum absolute atomic E-state index is 0.0769. The van der Waals surface area contributed by atoms with Gasteiger partial charge in [0.05, 0.1) is 22.8 Å². The summed E-state index contributed by atoms with van der Waals surface area (Å²) in [5.41, 5.74) is 3.74. The summed E-state index contributed by atoms with van der Waals surface area (Å²) in [7, 11) is 0. The summed E-state index contributed by atoms with van der Waals surface area (Å²) in [6.45, 7) is 3.63. The summed E-state index contributed by atoms with van der Waals surface area (Å²) < 4.78 is 5.37. The highest BCUT2D eigenvalue weighted by Gasteiger charge is 2.23. The Balaban J connectivity index is 1.18. The molecule has 3 heterocycles. The summed E-state index contributed by atoms with van der Waals surface area (Å²) in [6, 6.07) is 20.9. The molecule has 8 nitrogen and oxygen atoms in total. The molecule has 0 N–H and O–H groups in total. The quantitative estimate of drug-likeness (QED) is 0.458. The third-order valence-electron chi connectivity index (χ3n) is 5.89. The number of nitrogens with zero attached hydrogens (tertiary/aromatic N) is 6. The van der Waals surface area contributed by atoms with Crippen molar-refractivity contribution in [2.24, 2.45) is 0 Å². The molecule has 0 saturated carbocycles. The number of hydrogen-bond donors (Lipinski definition) is 0. The summed E-state index contributed by atoms with van der Waals surface area (Å²) in [4.78, 5) is 25.5. The molecular weight excluding hydrogens is 428 g/mol. The summed E-state index contributed by atoms with van der Waals surface area (Å²) in [5, 5.41) is 13.4. The van der Waals surface area contributed by atoms with Crippen LogP contribution in [0.1, 0.15) is 21.5 Å². The van der Waals surface area contributed by atoms with Crippen molar-refractivity contribution in [2.45, 2.75) is 6.54 Å². The number of carbonyl (C=O) groups is 1. The van der Waals surface area contributed by atoms with Crippen LogP contribution in [0.2, 0.25) is 0 Å². The fourth-order valence-electron chi connectivity index (χ4n) is 4.01. The molecule has 168 valence electrons. The Morgan fingerprint density at radius 2 is 1.76 bits per heavy atom. The normalized spacial score (nSPS) is 14.0. The number of hydrogen-bond acceptors (Lipinski definition) is 7. The SMILES string of the molecule is N#Cc1ccccc1C(=O)N1CCN(Cc2ccc(-c3noc(-c4cccnc4)n3)cc2)CC1. The standard InChI is InChI=1S/C26H22N6O2/c27-16-21-4-1-2-6-23(21)26(33)32-14-12-31(13-15-32)18-19-7-9-20(10-8-19)24-29-25(34-30-24)22-5-3-11-28-17-22/h1-11,17H,12-15,18H2. The number of piperazine rings is 1. The van der Waals surface area contributed by atoms with Gasteiger partial charge in [-0.3, -0.25) is 14.7 Å². The van der Waals surface area contributed by atoms with Gasteiger partial charge in [-0.25, -0.2) is 0 Å². The van der Waals surface area contributed by atoms with Crippen molar-refractivity contribution in [2.75, 3.05) is 26.2 Å². The van der Waals surface area contributed by atoms with Crippen molar-refractivity contribution in [3.8, 4) is 28.9 Å². The zero-order chi connectivity index (χ0) is 23.3. The van der Waals surface area contributed by atoms with Crippen LogP contribution >= 0.6 is 0 Å². The lowest BCUT2D eigenvalue weighted by molar-refractivity contribution is 0.0628. The van der Waals surface area contributed by atoms with Crippen LogP contribution in [0.15, 0.2) is 77.6 Å². The van der Waals surface area contributed by atoms with E-state index in [-0.39, 0.29) is 5.91 Å². The number of carbonyl (C=O) groups excluding carboxylic acids is 1. The molecule has 4 aromatic rings. The number of pyridine rings is 1. The minimum atomic E-state index is -0.0769. The first-order chi connectivity index (χ1) is 16.7. The maximum atomic E-state index is 12.8. The van der Waals surface area contributed by atoms with Gasteiger partial charge in [0.2, 0.25) is 5.82 Å². The van der Waals surface area contributed by atoms with E-state index in [0.717, 1.165) is 30.8 Å². The first kappa shape index (κ1) is 21.5. The second-order valence-corrected chi connectivity index (χ2v) is 8.09. The lowest BCUT2D eigenvalue weighted by Gasteiger charge is -2.35. The minimum Gasteiger partial charge on any atom is -0.336 e. The molecule has 1 aliphatic heterocycles. The molecule has 1 saturated heterocycles. The second-order valence-electron chi connectivity index (χ2n) is 8.09. The van der Waals surface area contributed by atoms with E-state index in [1.807, 2.05) is 29.2 Å². The molecular formula is C26H22N6O2. The molecule has 0 radical (unpaired) electrons. The van der Waals surface area contributed by atoms with Crippen molar-refractivity contribution in [3.05, 3.63) is 89.7 Å². The third-order valence-corrected chi connectivity index (χ3v) is 5.89. The molecule has 0 bridgehead atoms. The van der Waals surface area contributed by atoms with Crippen molar-refractivity contribution in [1.29, 1.82) is 5.26 Å². The number of nitriles is 1. The topological polar surface area (TPSA) is 99.2 Å². The Bertz CT molecular complexity index is 1320. The highest BCUT2D eigenvalue weighted by atomic mass is 16.5. The summed E-state index contributed by atoms with van der Waals surface area (Å²) >= 11 is 0. The van der Waals surface area contributed by atoms with Gasteiger partial charge in [0.15, 0.2) is 0 Å². The fraction of sp³-hybridized carbons (Fsp3) is 0.192. The van der Waals surface area contributed by atoms with Gasteiger partial charge in [-0.2, -0.15) is 10.2 Å². The first-order valence-electron chi connectivity index (χ1n) is 11.1. The Hall–Kier alpha value is -4.35. The van der Waals surface area contributed by atoms with E-state index >= 15 is 0 Å². The fourth-order valence-corrected chi connectivity index (χ4v) is 4.01. The Labute approximate surface area is 197 Å². The van der Waals surface area contributed by atoms with Crippen molar-refractivity contribution >= 4 is 5.91 Å². The smallest absolute Gasteiger partial charge is 0.259 e. The van der Waals surface area contributed by atoms with Crippen LogP contribution in [0.5, 0.6) is 0 Å². The van der Waals surface area contributed by atoms with E-state index in [1.54, 1.807) is 36.7 Å². The van der Waals surface area contributed by atoms with Crippen LogP contribution in [0.4, 0.5) is 0 Å². The molecule has 2 aromatic heterocycles. The van der Waals surface area contributed by atoms with E-state index in [1.165, 1.54) is 5.56 Å². The van der Waals surface area contributed by atoms with Gasteiger partial charge in [-0.05, 0) is 29.8 Å². The third kappa shape index (κ3) is 4.56. The number of amides is 1. The molecule has 1 amide bonds. The van der Waals surface area contributed by atoms with Gasteiger partial charge in [0.1, 0.15) is 0 Å². The highest BCUT2D eigenvalue weighted by molar-refractivity contribution is 5.96. The van der Waals surface area contributed by atoms with Gasteiger partial charge < -0.3 is 9.42 Å². The average Bonchev–Trinajstić information content (AvgIpc) is 3.40. The molecule has 34 heavy (non-hydrogen) atoms. The summed E-state index contributed by atoms with van der Waals surface area (Å²) in [5.74, 6) is 0.902. The molecule has 1 aliphatic rings. The molecule has 0 atom stereocenters. The van der Waals surface area contributed by atoms with Crippen molar-refractivity contribution < 1.29 is 9.32 Å². The van der Waals surface area contributed by atoms with Crippen LogP contribution in [-0.4, -0.2) is 57.0 Å². The van der Waals surface area contributed by atoms with Crippen LogP contribution in [-0.2, 0) is 6.54 Å². The maximum absolute atomic E-state index is 12.8. The van der Waals surface area contributed by atoms with E-state index in [9.17, 15) is 10.1 Å². The zero-order valence-corrected chi connectivity index (χ0v) is 18.5. The molecule has 0 unspecified atom stereocenters. The van der Waals surface area contributed by atoms with Crippen LogP contribution in [0.3, 0.4) is 0 Å². The highest BCUT2D eigenvalue weighted by Crippen LogP contribution is 2.22. The van der Waals surface area contributed by atoms with Gasteiger partial charge in [0, 0.05) is 50.7 Å². The lowest BCUT2D eigenvalue weighted by Crippen LogP contribution is -2.48. The number of aromatic nitrogens is 3. The largest absolute Gasteiger partial charge is 0.336 e. The van der Waals surface area contributed by atoms with E-state index in [0.29, 0.717) is 35.9 Å². The van der Waals surface area contributed by atoms with Crippen LogP contribution in [0.25, 0.3) is 22.8 Å². The zero-order valence-electron chi connectivity index (χ0n) is 18.5. The summed E-state index contributed by atoms with van der Waals surface area (Å²) in [6.07, 6.45) is 3.39.